The molecule has 0 aliphatic carbocycles. The van der Waals surface area contributed by atoms with Crippen molar-refractivity contribution < 1.29 is 9.53 Å². The lowest BCUT2D eigenvalue weighted by Gasteiger charge is -2.24. The van der Waals surface area contributed by atoms with Crippen LogP contribution in [-0.4, -0.2) is 63.7 Å². The first-order valence-corrected chi connectivity index (χ1v) is 12.6. The van der Waals surface area contributed by atoms with Crippen LogP contribution in [0.4, 0.5) is 5.95 Å². The van der Waals surface area contributed by atoms with E-state index in [0.29, 0.717) is 41.8 Å². The molecular formula is C28H25ClN6O2. The Hall–Kier alpha value is -4.17. The Morgan fingerprint density at radius 3 is 2.54 bits per heavy atom. The molecule has 2 aromatic heterocycles. The van der Waals surface area contributed by atoms with Crippen molar-refractivity contribution in [3.63, 3.8) is 0 Å². The fourth-order valence-electron chi connectivity index (χ4n) is 4.91. The lowest BCUT2D eigenvalue weighted by atomic mass is 10.1. The number of halogens is 1. The fraction of sp³-hybridized carbons (Fsp3) is 0.214. The molecule has 9 heteroatoms. The largest absolute Gasteiger partial charge is 0.496 e. The van der Waals surface area contributed by atoms with E-state index in [4.69, 9.17) is 21.3 Å². The van der Waals surface area contributed by atoms with E-state index in [1.54, 1.807) is 7.11 Å². The van der Waals surface area contributed by atoms with Gasteiger partial charge in [0.05, 0.1) is 23.2 Å². The first-order valence-electron chi connectivity index (χ1n) is 12.2. The van der Waals surface area contributed by atoms with Crippen LogP contribution in [0, 0.1) is 0 Å². The molecule has 37 heavy (non-hydrogen) atoms. The van der Waals surface area contributed by atoms with Gasteiger partial charge in [-0.3, -0.25) is 4.79 Å². The Labute approximate surface area is 219 Å². The summed E-state index contributed by atoms with van der Waals surface area (Å²) in [6.45, 7) is 2.54. The smallest absolute Gasteiger partial charge is 0.257 e. The summed E-state index contributed by atoms with van der Waals surface area (Å²) in [5, 5.41) is 10.6. The van der Waals surface area contributed by atoms with Crippen molar-refractivity contribution in [2.45, 2.75) is 6.42 Å². The van der Waals surface area contributed by atoms with Gasteiger partial charge in [-0.1, -0.05) is 48.0 Å². The van der Waals surface area contributed by atoms with Crippen LogP contribution in [0.1, 0.15) is 16.8 Å². The van der Waals surface area contributed by atoms with Crippen molar-refractivity contribution in [2.24, 2.45) is 0 Å². The van der Waals surface area contributed by atoms with Crippen LogP contribution in [0.2, 0.25) is 5.02 Å². The van der Waals surface area contributed by atoms with Crippen molar-refractivity contribution in [1.29, 1.82) is 0 Å². The standard InChI is InChI=1S/C28H25ClN6O2/c1-37-24-14-7-4-11-21(24)27(36)33-15-8-16-34(18-17-33)28-30-23-13-6-3-10-20(23)26-32-31-25(35(26)28)19-9-2-5-12-22(19)29/h2-7,9-14H,8,15-18H2,1H3. The third-order valence-electron chi connectivity index (χ3n) is 6.75. The number of hydrogen-bond donors (Lipinski definition) is 0. The van der Waals surface area contributed by atoms with Crippen LogP contribution < -0.4 is 9.64 Å². The fourth-order valence-corrected chi connectivity index (χ4v) is 5.13. The minimum absolute atomic E-state index is 0.0306. The number of fused-ring (bicyclic) bond motifs is 3. The highest BCUT2D eigenvalue weighted by atomic mass is 35.5. The number of ether oxygens (including phenoxy) is 1. The number of nitrogens with zero attached hydrogens (tertiary/aromatic N) is 6. The Morgan fingerprint density at radius 2 is 1.68 bits per heavy atom. The van der Waals surface area contributed by atoms with E-state index in [-0.39, 0.29) is 5.91 Å². The van der Waals surface area contributed by atoms with E-state index in [1.165, 1.54) is 0 Å². The van der Waals surface area contributed by atoms with Crippen molar-refractivity contribution in [3.8, 4) is 17.1 Å². The van der Waals surface area contributed by atoms with Crippen LogP contribution in [0.25, 0.3) is 27.9 Å². The molecule has 8 nitrogen and oxygen atoms in total. The number of methoxy groups -OCH3 is 1. The zero-order chi connectivity index (χ0) is 25.4. The quantitative estimate of drug-likeness (QED) is 0.339. The predicted octanol–water partition coefficient (Wildman–Crippen LogP) is 4.96. The average Bonchev–Trinajstić information content (AvgIpc) is 3.23. The van der Waals surface area contributed by atoms with Crippen LogP contribution >= 0.6 is 11.6 Å². The normalized spacial score (nSPS) is 14.2. The molecule has 0 unspecified atom stereocenters. The molecule has 0 bridgehead atoms. The number of para-hydroxylation sites is 2. The van der Waals surface area contributed by atoms with Crippen LogP contribution in [0.3, 0.4) is 0 Å². The van der Waals surface area contributed by atoms with Gasteiger partial charge >= 0.3 is 0 Å². The minimum Gasteiger partial charge on any atom is -0.496 e. The number of anilines is 1. The number of rotatable bonds is 4. The van der Waals surface area contributed by atoms with E-state index in [2.05, 4.69) is 15.1 Å². The number of aromatic nitrogens is 4. The second kappa shape index (κ2) is 9.71. The summed E-state index contributed by atoms with van der Waals surface area (Å²) >= 11 is 6.57. The van der Waals surface area contributed by atoms with Gasteiger partial charge in [-0.25, -0.2) is 9.38 Å². The van der Waals surface area contributed by atoms with Crippen molar-refractivity contribution >= 4 is 40.0 Å². The third kappa shape index (κ3) is 4.13. The molecule has 5 aromatic rings. The Morgan fingerprint density at radius 1 is 0.892 bits per heavy atom. The van der Waals surface area contributed by atoms with Crippen molar-refractivity contribution in [3.05, 3.63) is 83.4 Å². The van der Waals surface area contributed by atoms with Gasteiger partial charge < -0.3 is 14.5 Å². The van der Waals surface area contributed by atoms with Gasteiger partial charge in [-0.15, -0.1) is 10.2 Å². The van der Waals surface area contributed by atoms with E-state index in [0.717, 1.165) is 41.0 Å². The maximum Gasteiger partial charge on any atom is 0.257 e. The van der Waals surface area contributed by atoms with Gasteiger partial charge in [-0.2, -0.15) is 0 Å². The summed E-state index contributed by atoms with van der Waals surface area (Å²) in [6.07, 6.45) is 0.792. The predicted molar refractivity (Wildman–Crippen MR) is 144 cm³/mol. The van der Waals surface area contributed by atoms with Crippen molar-refractivity contribution in [2.75, 3.05) is 38.2 Å². The minimum atomic E-state index is -0.0306. The molecule has 0 atom stereocenters. The average molecular weight is 513 g/mol. The summed E-state index contributed by atoms with van der Waals surface area (Å²) in [6, 6.07) is 22.9. The molecule has 1 aliphatic heterocycles. The number of hydrogen-bond acceptors (Lipinski definition) is 6. The highest BCUT2D eigenvalue weighted by molar-refractivity contribution is 6.33. The van der Waals surface area contributed by atoms with E-state index < -0.39 is 0 Å². The van der Waals surface area contributed by atoms with Gasteiger partial charge in [0.1, 0.15) is 5.75 Å². The topological polar surface area (TPSA) is 75.9 Å². The zero-order valence-electron chi connectivity index (χ0n) is 20.3. The van der Waals surface area contributed by atoms with Crippen LogP contribution in [-0.2, 0) is 0 Å². The summed E-state index contributed by atoms with van der Waals surface area (Å²) in [7, 11) is 1.59. The molecule has 1 saturated heterocycles. The summed E-state index contributed by atoms with van der Waals surface area (Å²) < 4.78 is 7.42. The molecule has 1 aliphatic rings. The summed E-state index contributed by atoms with van der Waals surface area (Å²) in [4.78, 5) is 22.5. The second-order valence-corrected chi connectivity index (χ2v) is 9.33. The number of amides is 1. The first kappa shape index (κ1) is 23.2. The highest BCUT2D eigenvalue weighted by Crippen LogP contribution is 2.32. The van der Waals surface area contributed by atoms with E-state index >= 15 is 0 Å². The summed E-state index contributed by atoms with van der Waals surface area (Å²) in [5.41, 5.74) is 2.93. The van der Waals surface area contributed by atoms with E-state index in [1.807, 2.05) is 82.1 Å². The molecule has 0 spiro atoms. The molecule has 0 radical (unpaired) electrons. The maximum atomic E-state index is 13.4. The lowest BCUT2D eigenvalue weighted by Crippen LogP contribution is -2.36. The number of carbonyl (C=O) groups is 1. The molecule has 0 N–H and O–H groups in total. The molecule has 1 amide bonds. The SMILES string of the molecule is COc1ccccc1C(=O)N1CCCN(c2nc3ccccc3c3nnc(-c4ccccc4Cl)n23)CC1. The van der Waals surface area contributed by atoms with Gasteiger partial charge in [0.2, 0.25) is 5.95 Å². The number of carbonyl (C=O) groups excluding carboxylic acids is 1. The molecule has 1 fully saturated rings. The molecule has 0 saturated carbocycles. The highest BCUT2D eigenvalue weighted by Gasteiger charge is 2.26. The third-order valence-corrected chi connectivity index (χ3v) is 7.08. The summed E-state index contributed by atoms with van der Waals surface area (Å²) in [5.74, 6) is 1.93. The Kier molecular flexibility index (Phi) is 6.10. The van der Waals surface area contributed by atoms with Crippen molar-refractivity contribution in [1.82, 2.24) is 24.5 Å². The zero-order valence-corrected chi connectivity index (χ0v) is 21.1. The maximum absolute atomic E-state index is 13.4. The van der Waals surface area contributed by atoms with Gasteiger partial charge in [0, 0.05) is 37.1 Å². The van der Waals surface area contributed by atoms with Gasteiger partial charge in [0.15, 0.2) is 11.5 Å². The van der Waals surface area contributed by atoms with E-state index in [9.17, 15) is 4.79 Å². The van der Waals surface area contributed by atoms with Gasteiger partial charge in [-0.05, 0) is 42.8 Å². The molecular weight excluding hydrogens is 488 g/mol. The Balaban J connectivity index is 1.41. The van der Waals surface area contributed by atoms with Crippen LogP contribution in [0.15, 0.2) is 72.8 Å². The second-order valence-electron chi connectivity index (χ2n) is 8.92. The number of benzene rings is 3. The molecule has 3 aromatic carbocycles. The van der Waals surface area contributed by atoms with Crippen LogP contribution in [0.5, 0.6) is 5.75 Å². The lowest BCUT2D eigenvalue weighted by molar-refractivity contribution is 0.0763. The monoisotopic (exact) mass is 512 g/mol. The first-order chi connectivity index (χ1) is 18.2. The molecule has 6 rings (SSSR count). The Bertz CT molecular complexity index is 1620. The van der Waals surface area contributed by atoms with Gasteiger partial charge in [0.25, 0.3) is 5.91 Å². The molecule has 3 heterocycles. The molecule has 186 valence electrons.